The van der Waals surface area contributed by atoms with Gasteiger partial charge in [0.05, 0.1) is 0 Å². The van der Waals surface area contributed by atoms with Gasteiger partial charge >= 0.3 is 5.82 Å². The maximum Gasteiger partial charge on any atom is 0.359 e. The molecule has 2 rings (SSSR count). The van der Waals surface area contributed by atoms with Gasteiger partial charge in [0.25, 0.3) is 0 Å². The highest BCUT2D eigenvalue weighted by molar-refractivity contribution is 5.86. The fourth-order valence-corrected chi connectivity index (χ4v) is 1.10. The van der Waals surface area contributed by atoms with Crippen LogP contribution in [0, 0.1) is 10.1 Å². The van der Waals surface area contributed by atoms with E-state index in [9.17, 15) is 10.1 Å². The Bertz CT molecular complexity index is 378. The van der Waals surface area contributed by atoms with E-state index in [1.807, 2.05) is 13.1 Å². The Morgan fingerprint density at radius 3 is 2.27 bits per heavy atom. The molecule has 0 saturated carbocycles. The Hall–Kier alpha value is -1.78. The van der Waals surface area contributed by atoms with E-state index in [4.69, 9.17) is 0 Å². The van der Waals surface area contributed by atoms with Crippen molar-refractivity contribution >= 4 is 11.4 Å². The van der Waals surface area contributed by atoms with Crippen molar-refractivity contribution in [1.82, 2.24) is 0 Å². The van der Waals surface area contributed by atoms with Crippen molar-refractivity contribution < 1.29 is 4.92 Å². The Labute approximate surface area is 88.1 Å². The third kappa shape index (κ3) is 3.84. The first-order chi connectivity index (χ1) is 7.09. The van der Waals surface area contributed by atoms with Crippen LogP contribution in [0.15, 0.2) is 34.2 Å². The second-order valence-corrected chi connectivity index (χ2v) is 3.32. The van der Waals surface area contributed by atoms with Gasteiger partial charge in [0.15, 0.2) is 0 Å². The van der Waals surface area contributed by atoms with Gasteiger partial charge in [0.1, 0.15) is 5.71 Å². The van der Waals surface area contributed by atoms with Gasteiger partial charge < -0.3 is 10.1 Å². The van der Waals surface area contributed by atoms with Crippen LogP contribution in [-0.4, -0.2) is 16.3 Å². The van der Waals surface area contributed by atoms with Crippen LogP contribution < -0.4 is 0 Å². The van der Waals surface area contributed by atoms with Crippen molar-refractivity contribution in [2.24, 2.45) is 9.98 Å². The zero-order valence-electron chi connectivity index (χ0n) is 8.80. The summed E-state index contributed by atoms with van der Waals surface area (Å²) in [6.45, 7) is 3.80. The predicted molar refractivity (Wildman–Crippen MR) is 59.7 cm³/mol. The number of hydrogen-bond acceptors (Lipinski definition) is 4. The minimum absolute atomic E-state index is 0.0208. The topological polar surface area (TPSA) is 67.9 Å². The highest BCUT2D eigenvalue weighted by atomic mass is 16.6. The lowest BCUT2D eigenvalue weighted by Gasteiger charge is -1.84. The molecule has 0 atom stereocenters. The quantitative estimate of drug-likeness (QED) is 0.489. The molecule has 2 heterocycles. The van der Waals surface area contributed by atoms with Gasteiger partial charge in [-0.15, -0.1) is 0 Å². The van der Waals surface area contributed by atoms with E-state index in [-0.39, 0.29) is 5.82 Å². The summed E-state index contributed by atoms with van der Waals surface area (Å²) in [5, 5.41) is 9.98. The minimum Gasteiger partial charge on any atom is -0.358 e. The summed E-state index contributed by atoms with van der Waals surface area (Å²) in [6, 6.07) is 0. The Kier molecular flexibility index (Phi) is 3.91. The van der Waals surface area contributed by atoms with Gasteiger partial charge in [0, 0.05) is 30.8 Å². The Morgan fingerprint density at radius 1 is 1.33 bits per heavy atom. The monoisotopic (exact) mass is 207 g/mol. The fourth-order valence-electron chi connectivity index (χ4n) is 1.10. The first kappa shape index (κ1) is 11.3. The van der Waals surface area contributed by atoms with E-state index >= 15 is 0 Å². The van der Waals surface area contributed by atoms with Gasteiger partial charge in [-0.05, 0) is 23.8 Å². The average molecular weight is 207 g/mol. The molecule has 5 nitrogen and oxygen atoms in total. The zero-order valence-corrected chi connectivity index (χ0v) is 8.80. The molecule has 5 heteroatoms. The van der Waals surface area contributed by atoms with Crippen molar-refractivity contribution in [2.75, 3.05) is 0 Å². The number of aliphatic imine (C=N–C) groups is 2. The van der Waals surface area contributed by atoms with E-state index in [2.05, 4.69) is 16.1 Å². The highest BCUT2D eigenvalue weighted by Gasteiger charge is 2.15. The molecule has 80 valence electrons. The lowest BCUT2D eigenvalue weighted by molar-refractivity contribution is -0.425. The number of rotatable bonds is 1. The lowest BCUT2D eigenvalue weighted by Crippen LogP contribution is -1.92. The molecule has 0 aromatic carbocycles. The summed E-state index contributed by atoms with van der Waals surface area (Å²) in [4.78, 5) is 17.1. The molecule has 0 N–H and O–H groups in total. The van der Waals surface area contributed by atoms with Crippen molar-refractivity contribution in [2.45, 2.75) is 26.7 Å². The van der Waals surface area contributed by atoms with Crippen LogP contribution in [0.25, 0.3) is 0 Å². The van der Waals surface area contributed by atoms with Crippen molar-refractivity contribution in [3.8, 4) is 0 Å². The molecule has 0 unspecified atom stereocenters. The van der Waals surface area contributed by atoms with Crippen LogP contribution >= 0.6 is 0 Å². The summed E-state index contributed by atoms with van der Waals surface area (Å²) < 4.78 is 0. The first-order valence-corrected chi connectivity index (χ1v) is 4.66. The average Bonchev–Trinajstić information content (AvgIpc) is 2.77. The maximum absolute atomic E-state index is 9.98. The molecule has 0 spiro atoms. The van der Waals surface area contributed by atoms with Gasteiger partial charge in [-0.1, -0.05) is 6.08 Å². The van der Waals surface area contributed by atoms with Gasteiger partial charge in [0.2, 0.25) is 0 Å². The Balaban J connectivity index is 0.000000162. The lowest BCUT2D eigenvalue weighted by atomic mass is 10.3. The summed E-state index contributed by atoms with van der Waals surface area (Å²) in [5.74, 6) is -0.0208. The fraction of sp³-hybridized carbons (Fsp3) is 0.400. The summed E-state index contributed by atoms with van der Waals surface area (Å²) in [6.07, 6.45) is 7.08. The number of hydrogen-bond donors (Lipinski definition) is 0. The van der Waals surface area contributed by atoms with Crippen LogP contribution in [-0.2, 0) is 0 Å². The molecule has 0 aromatic rings. The summed E-state index contributed by atoms with van der Waals surface area (Å²) in [7, 11) is 0. The van der Waals surface area contributed by atoms with E-state index in [1.54, 1.807) is 6.92 Å². The largest absolute Gasteiger partial charge is 0.359 e. The van der Waals surface area contributed by atoms with E-state index in [1.165, 1.54) is 11.8 Å². The normalized spacial score (nSPS) is 17.6. The van der Waals surface area contributed by atoms with Crippen molar-refractivity contribution in [1.29, 1.82) is 0 Å². The van der Waals surface area contributed by atoms with Crippen molar-refractivity contribution in [3.63, 3.8) is 0 Å². The molecular weight excluding hydrogens is 194 g/mol. The molecule has 0 aliphatic carbocycles. The number of nitrogens with zero attached hydrogens (tertiary/aromatic N) is 3. The molecule has 15 heavy (non-hydrogen) atoms. The molecule has 0 amide bonds. The SMILES string of the molecule is CC1=NC([N+](=O)[O-])=CC1.CC1=NC=CC1. The second kappa shape index (κ2) is 5.19. The molecule has 2 aliphatic heterocycles. The van der Waals surface area contributed by atoms with Crippen LogP contribution in [0.3, 0.4) is 0 Å². The van der Waals surface area contributed by atoms with E-state index in [0.29, 0.717) is 6.42 Å². The molecule has 0 aromatic heterocycles. The van der Waals surface area contributed by atoms with Crippen molar-refractivity contribution in [3.05, 3.63) is 34.3 Å². The summed E-state index contributed by atoms with van der Waals surface area (Å²) >= 11 is 0. The van der Waals surface area contributed by atoms with E-state index < -0.39 is 4.92 Å². The third-order valence-corrected chi connectivity index (χ3v) is 1.89. The molecular formula is C10H13N3O2. The molecule has 2 aliphatic rings. The maximum atomic E-state index is 9.98. The highest BCUT2D eigenvalue weighted by Crippen LogP contribution is 2.09. The molecule has 0 bridgehead atoms. The number of allylic oxidation sites excluding steroid dienone is 2. The smallest absolute Gasteiger partial charge is 0.358 e. The van der Waals surface area contributed by atoms with Gasteiger partial charge in [-0.2, -0.15) is 0 Å². The number of nitro groups is 1. The molecule has 0 fully saturated rings. The third-order valence-electron chi connectivity index (χ3n) is 1.89. The first-order valence-electron chi connectivity index (χ1n) is 4.66. The zero-order chi connectivity index (χ0) is 11.3. The predicted octanol–water partition coefficient (Wildman–Crippen LogP) is 2.33. The van der Waals surface area contributed by atoms with E-state index in [0.717, 1.165) is 12.1 Å². The standard InChI is InChI=1S/C5H6N2O2.C5H7N/c1-4-2-3-5(6-4)7(8)9;1-5-3-2-4-6-5/h3H,2H2,1H3;2,4H,3H2,1H3. The Morgan fingerprint density at radius 2 is 2.07 bits per heavy atom. The second-order valence-electron chi connectivity index (χ2n) is 3.32. The molecule has 0 radical (unpaired) electrons. The van der Waals surface area contributed by atoms with Gasteiger partial charge in [-0.3, -0.25) is 4.99 Å². The minimum atomic E-state index is -0.476. The van der Waals surface area contributed by atoms with Gasteiger partial charge in [-0.25, -0.2) is 0 Å². The van der Waals surface area contributed by atoms with Crippen LogP contribution in [0.4, 0.5) is 0 Å². The summed E-state index contributed by atoms with van der Waals surface area (Å²) in [5.41, 5.74) is 2.02. The van der Waals surface area contributed by atoms with Crippen LogP contribution in [0.2, 0.25) is 0 Å². The van der Waals surface area contributed by atoms with Crippen LogP contribution in [0.5, 0.6) is 0 Å². The molecule has 0 saturated heterocycles. The van der Waals surface area contributed by atoms with Crippen LogP contribution in [0.1, 0.15) is 26.7 Å².